The number of methoxy groups -OCH3 is 1. The third-order valence-corrected chi connectivity index (χ3v) is 3.75. The van der Waals surface area contributed by atoms with E-state index in [-0.39, 0.29) is 12.1 Å². The summed E-state index contributed by atoms with van der Waals surface area (Å²) in [4.78, 5) is 12.0. The Bertz CT molecular complexity index is 675. The zero-order chi connectivity index (χ0) is 16.8. The number of hydrogen-bond donors (Lipinski definition) is 2. The van der Waals surface area contributed by atoms with Crippen LogP contribution < -0.4 is 10.6 Å². The smallest absolute Gasteiger partial charge is 0.320 e. The van der Waals surface area contributed by atoms with Gasteiger partial charge < -0.3 is 10.1 Å². The molecule has 0 spiro atoms. The van der Waals surface area contributed by atoms with E-state index in [0.717, 1.165) is 5.56 Å². The summed E-state index contributed by atoms with van der Waals surface area (Å²) in [6, 6.07) is 6.25. The van der Waals surface area contributed by atoms with Crippen LogP contribution in [0, 0.1) is 0 Å². The largest absolute Gasteiger partial charge is 0.383 e. The number of carbonyl (C=O) groups is 1. The van der Waals surface area contributed by atoms with E-state index in [2.05, 4.69) is 15.7 Å². The molecular formula is C15H18Cl2N4O2. The van der Waals surface area contributed by atoms with Gasteiger partial charge in [-0.15, -0.1) is 0 Å². The van der Waals surface area contributed by atoms with Crippen molar-refractivity contribution in [3.63, 3.8) is 0 Å². The molecule has 2 amide bonds. The molecule has 23 heavy (non-hydrogen) atoms. The number of nitrogens with one attached hydrogen (secondary N) is 2. The van der Waals surface area contributed by atoms with E-state index in [1.807, 2.05) is 6.92 Å². The number of amides is 2. The second-order valence-electron chi connectivity index (χ2n) is 4.94. The normalized spacial score (nSPS) is 12.0. The Morgan fingerprint density at radius 3 is 2.87 bits per heavy atom. The third-order valence-electron chi connectivity index (χ3n) is 3.18. The molecule has 124 valence electrons. The number of ether oxygens (including phenoxy) is 1. The Balaban J connectivity index is 1.92. The lowest BCUT2D eigenvalue weighted by Crippen LogP contribution is -2.31. The second-order valence-corrected chi connectivity index (χ2v) is 5.79. The molecule has 1 atom stereocenters. The molecule has 0 bridgehead atoms. The van der Waals surface area contributed by atoms with Gasteiger partial charge in [-0.05, 0) is 24.6 Å². The number of nitrogens with zero attached hydrogens (tertiary/aromatic N) is 2. The Kier molecular flexibility index (Phi) is 6.27. The van der Waals surface area contributed by atoms with Crippen molar-refractivity contribution in [1.82, 2.24) is 15.1 Å². The lowest BCUT2D eigenvalue weighted by atomic mass is 10.1. The van der Waals surface area contributed by atoms with Crippen LogP contribution >= 0.6 is 23.2 Å². The first kappa shape index (κ1) is 17.6. The average molecular weight is 357 g/mol. The van der Waals surface area contributed by atoms with Crippen LogP contribution in [0.25, 0.3) is 0 Å². The third kappa shape index (κ3) is 5.13. The van der Waals surface area contributed by atoms with Crippen molar-refractivity contribution < 1.29 is 9.53 Å². The Hall–Kier alpha value is -1.76. The van der Waals surface area contributed by atoms with Crippen molar-refractivity contribution in [2.45, 2.75) is 19.5 Å². The van der Waals surface area contributed by atoms with Gasteiger partial charge in [0.1, 0.15) is 0 Å². The zero-order valence-electron chi connectivity index (χ0n) is 12.8. The highest BCUT2D eigenvalue weighted by atomic mass is 35.5. The van der Waals surface area contributed by atoms with Crippen LogP contribution in [-0.2, 0) is 11.3 Å². The predicted molar refractivity (Wildman–Crippen MR) is 91.1 cm³/mol. The molecular weight excluding hydrogens is 339 g/mol. The summed E-state index contributed by atoms with van der Waals surface area (Å²) in [6.45, 7) is 3.02. The summed E-state index contributed by atoms with van der Waals surface area (Å²) in [5.74, 6) is 0.466. The maximum absolute atomic E-state index is 12.0. The lowest BCUT2D eigenvalue weighted by Gasteiger charge is -2.16. The molecule has 6 nitrogen and oxygen atoms in total. The van der Waals surface area contributed by atoms with E-state index in [1.54, 1.807) is 42.3 Å². The van der Waals surface area contributed by atoms with Crippen molar-refractivity contribution >= 4 is 35.1 Å². The fourth-order valence-corrected chi connectivity index (χ4v) is 2.59. The summed E-state index contributed by atoms with van der Waals surface area (Å²) < 4.78 is 6.67. The molecule has 0 aliphatic heterocycles. The van der Waals surface area contributed by atoms with E-state index < -0.39 is 0 Å². The molecule has 0 saturated carbocycles. The van der Waals surface area contributed by atoms with Gasteiger partial charge in [-0.2, -0.15) is 5.10 Å². The summed E-state index contributed by atoms with van der Waals surface area (Å²) in [7, 11) is 1.62. The van der Waals surface area contributed by atoms with Gasteiger partial charge in [-0.25, -0.2) is 4.79 Å². The van der Waals surface area contributed by atoms with Gasteiger partial charge in [-0.1, -0.05) is 29.3 Å². The zero-order valence-corrected chi connectivity index (χ0v) is 14.4. The summed E-state index contributed by atoms with van der Waals surface area (Å²) in [6.07, 6.45) is 1.77. The Labute approximate surface area is 144 Å². The van der Waals surface area contributed by atoms with Crippen molar-refractivity contribution in [3.05, 3.63) is 46.1 Å². The van der Waals surface area contributed by atoms with E-state index >= 15 is 0 Å². The maximum atomic E-state index is 12.0. The van der Waals surface area contributed by atoms with Gasteiger partial charge in [0.2, 0.25) is 0 Å². The molecule has 0 radical (unpaired) electrons. The Morgan fingerprint density at radius 1 is 1.39 bits per heavy atom. The predicted octanol–water partition coefficient (Wildman–Crippen LogP) is 3.72. The molecule has 1 aromatic heterocycles. The van der Waals surface area contributed by atoms with Gasteiger partial charge in [0.05, 0.1) is 19.2 Å². The minimum Gasteiger partial charge on any atom is -0.383 e. The summed E-state index contributed by atoms with van der Waals surface area (Å²) in [5, 5.41) is 10.8. The van der Waals surface area contributed by atoms with E-state index in [0.29, 0.717) is 29.0 Å². The number of rotatable bonds is 6. The second kappa shape index (κ2) is 8.19. The van der Waals surface area contributed by atoms with Crippen LogP contribution in [0.1, 0.15) is 18.5 Å². The molecule has 1 aromatic carbocycles. The van der Waals surface area contributed by atoms with Crippen LogP contribution in [0.2, 0.25) is 10.0 Å². The van der Waals surface area contributed by atoms with E-state index in [1.165, 1.54) is 0 Å². The standard InChI is InChI=1S/C15H18Cl2N4O2/c1-10(12-4-3-11(16)9-13(12)17)18-15(22)19-14-5-6-21(20-14)7-8-23-2/h3-6,9-10H,7-8H2,1-2H3,(H2,18,19,20,22). The van der Waals surface area contributed by atoms with Gasteiger partial charge in [0.15, 0.2) is 5.82 Å². The molecule has 1 unspecified atom stereocenters. The number of aromatic nitrogens is 2. The van der Waals surface area contributed by atoms with Gasteiger partial charge in [-0.3, -0.25) is 10.00 Å². The number of carbonyl (C=O) groups excluding carboxylic acids is 1. The van der Waals surface area contributed by atoms with Gasteiger partial charge in [0.25, 0.3) is 0 Å². The van der Waals surface area contributed by atoms with Crippen LogP contribution in [0.3, 0.4) is 0 Å². The van der Waals surface area contributed by atoms with Crippen LogP contribution in [-0.4, -0.2) is 29.5 Å². The van der Waals surface area contributed by atoms with E-state index in [9.17, 15) is 4.79 Å². The molecule has 2 N–H and O–H groups in total. The molecule has 2 aromatic rings. The molecule has 0 saturated heterocycles. The molecule has 0 fully saturated rings. The molecule has 1 heterocycles. The highest BCUT2D eigenvalue weighted by molar-refractivity contribution is 6.35. The number of urea groups is 1. The van der Waals surface area contributed by atoms with Crippen molar-refractivity contribution in [3.8, 4) is 0 Å². The van der Waals surface area contributed by atoms with Crippen molar-refractivity contribution in [2.24, 2.45) is 0 Å². The monoisotopic (exact) mass is 356 g/mol. The highest BCUT2D eigenvalue weighted by Crippen LogP contribution is 2.26. The molecule has 0 aliphatic carbocycles. The summed E-state index contributed by atoms with van der Waals surface area (Å²) in [5.41, 5.74) is 0.789. The van der Waals surface area contributed by atoms with Crippen LogP contribution in [0.15, 0.2) is 30.5 Å². The maximum Gasteiger partial charge on any atom is 0.320 e. The first-order valence-corrected chi connectivity index (χ1v) is 7.80. The number of hydrogen-bond acceptors (Lipinski definition) is 3. The highest BCUT2D eigenvalue weighted by Gasteiger charge is 2.13. The average Bonchev–Trinajstić information content (AvgIpc) is 2.92. The molecule has 2 rings (SSSR count). The first-order valence-electron chi connectivity index (χ1n) is 7.04. The molecule has 8 heteroatoms. The number of halogens is 2. The Morgan fingerprint density at radius 2 is 2.17 bits per heavy atom. The van der Waals surface area contributed by atoms with Crippen LogP contribution in [0.5, 0.6) is 0 Å². The fourth-order valence-electron chi connectivity index (χ4n) is 2.02. The van der Waals surface area contributed by atoms with E-state index in [4.69, 9.17) is 27.9 Å². The first-order chi connectivity index (χ1) is 11.0. The number of anilines is 1. The quantitative estimate of drug-likeness (QED) is 0.828. The van der Waals surface area contributed by atoms with Crippen LogP contribution in [0.4, 0.5) is 10.6 Å². The minimum absolute atomic E-state index is 0.268. The topological polar surface area (TPSA) is 68.2 Å². The minimum atomic E-state index is -0.361. The van der Waals surface area contributed by atoms with Crippen molar-refractivity contribution in [2.75, 3.05) is 19.0 Å². The van der Waals surface area contributed by atoms with Gasteiger partial charge >= 0.3 is 6.03 Å². The lowest BCUT2D eigenvalue weighted by molar-refractivity contribution is 0.183. The fraction of sp³-hybridized carbons (Fsp3) is 0.333. The number of benzene rings is 1. The SMILES string of the molecule is COCCn1ccc(NC(=O)NC(C)c2ccc(Cl)cc2Cl)n1. The molecule has 0 aliphatic rings. The van der Waals surface area contributed by atoms with Crippen molar-refractivity contribution in [1.29, 1.82) is 0 Å². The summed E-state index contributed by atoms with van der Waals surface area (Å²) >= 11 is 12.0. The van der Waals surface area contributed by atoms with Gasteiger partial charge in [0, 0.05) is 29.4 Å².